The Kier molecular flexibility index (Phi) is 6.63. The van der Waals surface area contributed by atoms with Crippen LogP contribution in [0.5, 0.6) is 0 Å². The van der Waals surface area contributed by atoms with Crippen LogP contribution in [0.4, 0.5) is 4.79 Å². The van der Waals surface area contributed by atoms with Crippen molar-refractivity contribution >= 4 is 11.7 Å². The molecule has 1 N–H and O–H groups in total. The number of unbranched alkanes of at least 4 members (excludes halogenated alkanes) is 1. The number of benzene rings is 1. The molecule has 0 saturated carbocycles. The quantitative estimate of drug-likeness (QED) is 0.716. The Morgan fingerprint density at radius 1 is 1.20 bits per heavy atom. The van der Waals surface area contributed by atoms with Gasteiger partial charge in [0.25, 0.3) is 0 Å². The standard InChI is InChI=1S/C21H33N3O/c1-6-9-15-18-19(16-13-11-10-12-14-16)21(4,5)24(23-18)20(25)22-17(7-2)8-3/h10-14,17,19H,6-9,15H2,1-5H3,(H,22,25). The lowest BCUT2D eigenvalue weighted by Crippen LogP contribution is -2.51. The number of hydrazone groups is 1. The number of rotatable bonds is 7. The first-order valence-corrected chi connectivity index (χ1v) is 9.68. The van der Waals surface area contributed by atoms with Crippen molar-refractivity contribution < 1.29 is 4.79 Å². The highest BCUT2D eigenvalue weighted by atomic mass is 16.2. The molecular weight excluding hydrogens is 310 g/mol. The van der Waals surface area contributed by atoms with Crippen molar-refractivity contribution in [2.45, 2.75) is 84.2 Å². The minimum atomic E-state index is -0.374. The minimum Gasteiger partial charge on any atom is -0.334 e. The molecule has 1 heterocycles. The first kappa shape index (κ1) is 19.5. The largest absolute Gasteiger partial charge is 0.338 e. The van der Waals surface area contributed by atoms with Gasteiger partial charge in [0.2, 0.25) is 0 Å². The molecule has 1 unspecified atom stereocenters. The van der Waals surface area contributed by atoms with E-state index in [0.717, 1.165) is 37.8 Å². The van der Waals surface area contributed by atoms with E-state index < -0.39 is 0 Å². The molecule has 1 aromatic carbocycles. The Labute approximate surface area is 152 Å². The lowest BCUT2D eigenvalue weighted by Gasteiger charge is -2.35. The van der Waals surface area contributed by atoms with Gasteiger partial charge in [0.15, 0.2) is 0 Å². The molecule has 4 nitrogen and oxygen atoms in total. The summed E-state index contributed by atoms with van der Waals surface area (Å²) in [6.07, 6.45) is 5.03. The van der Waals surface area contributed by atoms with Crippen LogP contribution in [-0.2, 0) is 0 Å². The maximum absolute atomic E-state index is 12.9. The van der Waals surface area contributed by atoms with Crippen LogP contribution in [0.2, 0.25) is 0 Å². The molecule has 0 aliphatic carbocycles. The first-order valence-electron chi connectivity index (χ1n) is 9.68. The number of nitrogens with one attached hydrogen (secondary N) is 1. The number of hydrogen-bond donors (Lipinski definition) is 1. The second kappa shape index (κ2) is 8.50. The Bertz CT molecular complexity index is 590. The second-order valence-electron chi connectivity index (χ2n) is 7.47. The molecule has 0 aromatic heterocycles. The smallest absolute Gasteiger partial charge is 0.334 e. The lowest BCUT2D eigenvalue weighted by molar-refractivity contribution is 0.143. The van der Waals surface area contributed by atoms with Crippen LogP contribution in [0.1, 0.15) is 78.2 Å². The van der Waals surface area contributed by atoms with Gasteiger partial charge in [0.1, 0.15) is 0 Å². The molecule has 0 saturated heterocycles. The third-order valence-electron chi connectivity index (χ3n) is 5.24. The number of hydrogen-bond acceptors (Lipinski definition) is 2. The normalized spacial score (nSPS) is 19.2. The zero-order valence-corrected chi connectivity index (χ0v) is 16.4. The zero-order chi connectivity index (χ0) is 18.4. The van der Waals surface area contributed by atoms with Crippen molar-refractivity contribution in [1.82, 2.24) is 10.3 Å². The van der Waals surface area contributed by atoms with Crippen LogP contribution < -0.4 is 5.32 Å². The number of carbonyl (C=O) groups is 1. The highest BCUT2D eigenvalue weighted by Crippen LogP contribution is 2.41. The molecule has 0 radical (unpaired) electrons. The Morgan fingerprint density at radius 3 is 2.40 bits per heavy atom. The van der Waals surface area contributed by atoms with Crippen LogP contribution in [0.15, 0.2) is 35.4 Å². The van der Waals surface area contributed by atoms with E-state index in [0.29, 0.717) is 0 Å². The average Bonchev–Trinajstić information content (AvgIpc) is 2.88. The van der Waals surface area contributed by atoms with Gasteiger partial charge in [-0.1, -0.05) is 57.5 Å². The summed E-state index contributed by atoms with van der Waals surface area (Å²) in [5, 5.41) is 9.63. The fourth-order valence-corrected chi connectivity index (χ4v) is 3.68. The van der Waals surface area contributed by atoms with Gasteiger partial charge in [0.05, 0.1) is 5.54 Å². The summed E-state index contributed by atoms with van der Waals surface area (Å²) in [6.45, 7) is 10.6. The number of urea groups is 1. The summed E-state index contributed by atoms with van der Waals surface area (Å²) < 4.78 is 0. The summed E-state index contributed by atoms with van der Waals surface area (Å²) >= 11 is 0. The monoisotopic (exact) mass is 343 g/mol. The summed E-state index contributed by atoms with van der Waals surface area (Å²) in [6, 6.07) is 10.6. The predicted octanol–water partition coefficient (Wildman–Crippen LogP) is 5.31. The molecule has 0 fully saturated rings. The van der Waals surface area contributed by atoms with E-state index in [1.54, 1.807) is 5.01 Å². The summed E-state index contributed by atoms with van der Waals surface area (Å²) in [4.78, 5) is 12.9. The molecule has 138 valence electrons. The van der Waals surface area contributed by atoms with Crippen LogP contribution >= 0.6 is 0 Å². The molecule has 1 aliphatic heterocycles. The van der Waals surface area contributed by atoms with Gasteiger partial charge in [-0.3, -0.25) is 0 Å². The average molecular weight is 344 g/mol. The van der Waals surface area contributed by atoms with Crippen molar-refractivity contribution in [2.75, 3.05) is 0 Å². The van der Waals surface area contributed by atoms with Crippen LogP contribution in [-0.4, -0.2) is 28.3 Å². The summed E-state index contributed by atoms with van der Waals surface area (Å²) in [5.41, 5.74) is 1.98. The highest BCUT2D eigenvalue weighted by Gasteiger charge is 2.47. The molecule has 4 heteroatoms. The minimum absolute atomic E-state index is 0.0777. The van der Waals surface area contributed by atoms with Crippen LogP contribution in [0, 0.1) is 0 Å². The molecule has 0 spiro atoms. The molecule has 25 heavy (non-hydrogen) atoms. The van der Waals surface area contributed by atoms with Gasteiger partial charge in [-0.05, 0) is 45.1 Å². The van der Waals surface area contributed by atoms with Gasteiger partial charge in [-0.15, -0.1) is 0 Å². The highest BCUT2D eigenvalue weighted by molar-refractivity contribution is 5.96. The maximum Gasteiger partial charge on any atom is 0.338 e. The first-order chi connectivity index (χ1) is 12.0. The van der Waals surface area contributed by atoms with E-state index in [1.165, 1.54) is 5.56 Å². The lowest BCUT2D eigenvalue weighted by atomic mass is 9.78. The fourth-order valence-electron chi connectivity index (χ4n) is 3.68. The maximum atomic E-state index is 12.9. The molecular formula is C21H33N3O. The van der Waals surface area contributed by atoms with E-state index in [-0.39, 0.29) is 23.5 Å². The van der Waals surface area contributed by atoms with E-state index in [9.17, 15) is 4.79 Å². The van der Waals surface area contributed by atoms with Crippen molar-refractivity contribution in [3.63, 3.8) is 0 Å². The van der Waals surface area contributed by atoms with E-state index in [2.05, 4.69) is 64.2 Å². The van der Waals surface area contributed by atoms with Gasteiger partial charge < -0.3 is 5.32 Å². The van der Waals surface area contributed by atoms with E-state index >= 15 is 0 Å². The molecule has 1 aliphatic rings. The molecule has 1 atom stereocenters. The van der Waals surface area contributed by atoms with Crippen LogP contribution in [0.3, 0.4) is 0 Å². The van der Waals surface area contributed by atoms with Crippen molar-refractivity contribution in [2.24, 2.45) is 5.10 Å². The van der Waals surface area contributed by atoms with Crippen molar-refractivity contribution in [3.05, 3.63) is 35.9 Å². The van der Waals surface area contributed by atoms with Gasteiger partial charge >= 0.3 is 6.03 Å². The Hall–Kier alpha value is -1.84. The molecule has 1 aromatic rings. The van der Waals surface area contributed by atoms with E-state index in [1.807, 2.05) is 6.07 Å². The number of nitrogens with zero attached hydrogens (tertiary/aromatic N) is 2. The van der Waals surface area contributed by atoms with E-state index in [4.69, 9.17) is 5.10 Å². The predicted molar refractivity (Wildman–Crippen MR) is 105 cm³/mol. The third kappa shape index (κ3) is 4.23. The van der Waals surface area contributed by atoms with Gasteiger partial charge in [-0.25, -0.2) is 9.80 Å². The summed E-state index contributed by atoms with van der Waals surface area (Å²) in [5.74, 6) is 0.146. The number of carbonyl (C=O) groups excluding carboxylic acids is 1. The summed E-state index contributed by atoms with van der Waals surface area (Å²) in [7, 11) is 0. The zero-order valence-electron chi connectivity index (χ0n) is 16.4. The number of amides is 2. The molecule has 2 amide bonds. The molecule has 2 rings (SSSR count). The second-order valence-corrected chi connectivity index (χ2v) is 7.47. The third-order valence-corrected chi connectivity index (χ3v) is 5.24. The molecule has 0 bridgehead atoms. The Morgan fingerprint density at radius 2 is 1.84 bits per heavy atom. The fraction of sp³-hybridized carbons (Fsp3) is 0.619. The van der Waals surface area contributed by atoms with Crippen LogP contribution in [0.25, 0.3) is 0 Å². The topological polar surface area (TPSA) is 44.7 Å². The van der Waals surface area contributed by atoms with Crippen molar-refractivity contribution in [1.29, 1.82) is 0 Å². The van der Waals surface area contributed by atoms with Gasteiger partial charge in [-0.2, -0.15) is 5.10 Å². The Balaban J connectivity index is 2.31. The SMILES string of the molecule is CCCCC1=NN(C(=O)NC(CC)CC)C(C)(C)C1c1ccccc1. The van der Waals surface area contributed by atoms with Crippen molar-refractivity contribution in [3.8, 4) is 0 Å². The van der Waals surface area contributed by atoms with Gasteiger partial charge in [0, 0.05) is 17.7 Å².